The third-order valence-electron chi connectivity index (χ3n) is 3.22. The van der Waals surface area contributed by atoms with Gasteiger partial charge in [-0.15, -0.1) is 5.10 Å². The molecule has 8 heteroatoms. The van der Waals surface area contributed by atoms with Gasteiger partial charge in [-0.05, 0) is 52.8 Å². The third kappa shape index (κ3) is 4.56. The number of amides is 1. The van der Waals surface area contributed by atoms with E-state index in [-0.39, 0.29) is 28.7 Å². The molecule has 0 radical (unpaired) electrons. The van der Waals surface area contributed by atoms with E-state index in [1.807, 2.05) is 34.6 Å². The van der Waals surface area contributed by atoms with E-state index in [1.54, 1.807) is 4.68 Å². The first-order valence-electron chi connectivity index (χ1n) is 7.85. The van der Waals surface area contributed by atoms with Crippen molar-refractivity contribution < 1.29 is 19.4 Å². The van der Waals surface area contributed by atoms with Gasteiger partial charge in [0.25, 0.3) is 5.91 Å². The molecule has 0 spiro atoms. The van der Waals surface area contributed by atoms with Gasteiger partial charge in [-0.2, -0.15) is 0 Å². The molecular formula is C17H22N4O4. The number of nitrogens with one attached hydrogen (secondary N) is 1. The first-order valence-corrected chi connectivity index (χ1v) is 7.85. The molecule has 1 aromatic carbocycles. The highest BCUT2D eigenvalue weighted by Crippen LogP contribution is 2.27. The lowest BCUT2D eigenvalue weighted by Gasteiger charge is -2.17. The molecule has 2 rings (SSSR count). The van der Waals surface area contributed by atoms with Crippen LogP contribution in [-0.2, 0) is 5.54 Å². The minimum atomic E-state index is -1.10. The molecule has 1 amide bonds. The number of rotatable bonds is 5. The van der Waals surface area contributed by atoms with E-state index >= 15 is 0 Å². The predicted octanol–water partition coefficient (Wildman–Crippen LogP) is 2.77. The fraction of sp³-hybridized carbons (Fsp3) is 0.412. The van der Waals surface area contributed by atoms with Crippen LogP contribution in [0.4, 0.5) is 5.69 Å². The zero-order valence-electron chi connectivity index (χ0n) is 14.9. The fourth-order valence-electron chi connectivity index (χ4n) is 1.99. The van der Waals surface area contributed by atoms with Gasteiger partial charge >= 0.3 is 5.97 Å². The number of carboxylic acid groups (broad SMARTS) is 1. The molecule has 1 heterocycles. The van der Waals surface area contributed by atoms with E-state index in [2.05, 4.69) is 15.4 Å². The lowest BCUT2D eigenvalue weighted by atomic mass is 10.1. The van der Waals surface area contributed by atoms with Gasteiger partial charge in [0.1, 0.15) is 12.1 Å². The molecule has 0 atom stereocenters. The molecule has 0 bridgehead atoms. The van der Waals surface area contributed by atoms with Crippen molar-refractivity contribution in [3.05, 3.63) is 35.9 Å². The van der Waals surface area contributed by atoms with Crippen molar-refractivity contribution in [1.29, 1.82) is 0 Å². The van der Waals surface area contributed by atoms with Gasteiger partial charge < -0.3 is 15.2 Å². The van der Waals surface area contributed by atoms with E-state index < -0.39 is 11.9 Å². The summed E-state index contributed by atoms with van der Waals surface area (Å²) in [4.78, 5) is 27.6. The Kier molecular flexibility index (Phi) is 5.10. The van der Waals surface area contributed by atoms with Gasteiger partial charge in [0, 0.05) is 0 Å². The van der Waals surface area contributed by atoms with Gasteiger partial charge in [-0.1, -0.05) is 0 Å². The number of ether oxygens (including phenoxy) is 1. The van der Waals surface area contributed by atoms with E-state index in [1.165, 1.54) is 24.5 Å². The number of hydrogen-bond donors (Lipinski definition) is 2. The number of carboxylic acids is 1. The Morgan fingerprint density at radius 1 is 1.28 bits per heavy atom. The lowest BCUT2D eigenvalue weighted by molar-refractivity contribution is 0.0696. The summed E-state index contributed by atoms with van der Waals surface area (Å²) in [6.07, 6.45) is 1.35. The number of hydrogen-bond acceptors (Lipinski definition) is 5. The summed E-state index contributed by atoms with van der Waals surface area (Å²) in [6.45, 7) is 9.49. The van der Waals surface area contributed by atoms with Gasteiger partial charge in [0.2, 0.25) is 5.82 Å². The van der Waals surface area contributed by atoms with Crippen LogP contribution in [0.25, 0.3) is 0 Å². The van der Waals surface area contributed by atoms with Crippen LogP contribution in [0.15, 0.2) is 24.5 Å². The maximum Gasteiger partial charge on any atom is 0.335 e. The minimum absolute atomic E-state index is 0.00819. The zero-order valence-corrected chi connectivity index (χ0v) is 14.9. The van der Waals surface area contributed by atoms with Crippen LogP contribution in [0.1, 0.15) is 55.6 Å². The highest BCUT2D eigenvalue weighted by Gasteiger charge is 2.20. The summed E-state index contributed by atoms with van der Waals surface area (Å²) in [5.41, 5.74) is -0.00832. The molecule has 2 aromatic rings. The van der Waals surface area contributed by atoms with Gasteiger partial charge in [0.15, 0.2) is 0 Å². The van der Waals surface area contributed by atoms with Crippen molar-refractivity contribution in [1.82, 2.24) is 14.8 Å². The van der Waals surface area contributed by atoms with Crippen molar-refractivity contribution in [2.75, 3.05) is 5.32 Å². The third-order valence-corrected chi connectivity index (χ3v) is 3.22. The van der Waals surface area contributed by atoms with Crippen LogP contribution >= 0.6 is 0 Å². The van der Waals surface area contributed by atoms with Gasteiger partial charge in [0.05, 0.1) is 22.9 Å². The Bertz CT molecular complexity index is 790. The molecule has 8 nitrogen and oxygen atoms in total. The summed E-state index contributed by atoms with van der Waals surface area (Å²) in [5.74, 6) is -1.27. The Morgan fingerprint density at radius 2 is 1.96 bits per heavy atom. The maximum atomic E-state index is 12.4. The Labute approximate surface area is 145 Å². The van der Waals surface area contributed by atoms with Crippen LogP contribution < -0.4 is 10.1 Å². The highest BCUT2D eigenvalue weighted by molar-refractivity contribution is 6.03. The van der Waals surface area contributed by atoms with Gasteiger partial charge in [-0.3, -0.25) is 4.79 Å². The number of nitrogens with zero attached hydrogens (tertiary/aromatic N) is 3. The number of carbonyl (C=O) groups excluding carboxylic acids is 1. The highest BCUT2D eigenvalue weighted by atomic mass is 16.5. The summed E-state index contributed by atoms with van der Waals surface area (Å²) in [6, 6.07) is 4.28. The first-order chi connectivity index (χ1) is 11.6. The topological polar surface area (TPSA) is 106 Å². The van der Waals surface area contributed by atoms with E-state index in [4.69, 9.17) is 9.84 Å². The minimum Gasteiger partial charge on any atom is -0.489 e. The molecule has 0 saturated carbocycles. The Hall–Kier alpha value is -2.90. The molecular weight excluding hydrogens is 324 g/mol. The summed E-state index contributed by atoms with van der Waals surface area (Å²) < 4.78 is 7.21. The van der Waals surface area contributed by atoms with Gasteiger partial charge in [-0.25, -0.2) is 14.5 Å². The molecule has 0 aliphatic heterocycles. The monoisotopic (exact) mass is 346 g/mol. The van der Waals surface area contributed by atoms with E-state index in [0.717, 1.165) is 0 Å². The van der Waals surface area contributed by atoms with Crippen LogP contribution in [0.2, 0.25) is 0 Å². The summed E-state index contributed by atoms with van der Waals surface area (Å²) >= 11 is 0. The Balaban J connectivity index is 2.30. The molecule has 0 aliphatic rings. The van der Waals surface area contributed by atoms with Crippen molar-refractivity contribution >= 4 is 17.6 Å². The number of carbonyl (C=O) groups is 2. The smallest absolute Gasteiger partial charge is 0.335 e. The number of aromatic nitrogens is 3. The second-order valence-corrected chi connectivity index (χ2v) is 6.82. The quantitative estimate of drug-likeness (QED) is 0.862. The number of benzene rings is 1. The molecule has 0 saturated heterocycles. The second-order valence-electron chi connectivity index (χ2n) is 6.82. The molecule has 134 valence electrons. The normalized spacial score (nSPS) is 11.4. The molecule has 0 fully saturated rings. The zero-order chi connectivity index (χ0) is 18.8. The predicted molar refractivity (Wildman–Crippen MR) is 92.1 cm³/mol. The van der Waals surface area contributed by atoms with Crippen LogP contribution in [-0.4, -0.2) is 37.9 Å². The van der Waals surface area contributed by atoms with Crippen molar-refractivity contribution in [2.24, 2.45) is 0 Å². The number of aromatic carboxylic acids is 1. The standard InChI is InChI=1S/C17H22N4O4/c1-10(2)25-13-7-6-11(16(23)24)8-12(13)19-15(22)14-18-9-21(20-14)17(3,4)5/h6-10H,1-5H3,(H,19,22)(H,23,24). The molecule has 2 N–H and O–H groups in total. The Morgan fingerprint density at radius 3 is 2.48 bits per heavy atom. The largest absolute Gasteiger partial charge is 0.489 e. The summed E-state index contributed by atoms with van der Waals surface area (Å²) in [5, 5.41) is 15.9. The van der Waals surface area contributed by atoms with Crippen LogP contribution in [0.5, 0.6) is 5.75 Å². The summed E-state index contributed by atoms with van der Waals surface area (Å²) in [7, 11) is 0. The maximum absolute atomic E-state index is 12.4. The fourth-order valence-corrected chi connectivity index (χ4v) is 1.99. The van der Waals surface area contributed by atoms with E-state index in [9.17, 15) is 9.59 Å². The second kappa shape index (κ2) is 6.92. The van der Waals surface area contributed by atoms with E-state index in [0.29, 0.717) is 5.75 Å². The average molecular weight is 346 g/mol. The van der Waals surface area contributed by atoms with Crippen LogP contribution in [0.3, 0.4) is 0 Å². The van der Waals surface area contributed by atoms with Crippen molar-refractivity contribution in [3.8, 4) is 5.75 Å². The molecule has 1 aromatic heterocycles. The SMILES string of the molecule is CC(C)Oc1ccc(C(=O)O)cc1NC(=O)c1ncn(C(C)(C)C)n1. The molecule has 0 aliphatic carbocycles. The number of anilines is 1. The first kappa shape index (κ1) is 18.4. The molecule has 0 unspecified atom stereocenters. The lowest BCUT2D eigenvalue weighted by Crippen LogP contribution is -2.23. The molecule has 25 heavy (non-hydrogen) atoms. The van der Waals surface area contributed by atoms with Crippen molar-refractivity contribution in [2.45, 2.75) is 46.3 Å². The van der Waals surface area contributed by atoms with Crippen molar-refractivity contribution in [3.63, 3.8) is 0 Å². The van der Waals surface area contributed by atoms with Crippen LogP contribution in [0, 0.1) is 0 Å². The average Bonchev–Trinajstić information content (AvgIpc) is 2.98.